The van der Waals surface area contributed by atoms with E-state index >= 15 is 0 Å². The highest BCUT2D eigenvalue weighted by Crippen LogP contribution is 2.31. The summed E-state index contributed by atoms with van der Waals surface area (Å²) in [5.41, 5.74) is 1.09. The van der Waals surface area contributed by atoms with Crippen molar-refractivity contribution < 1.29 is 8.42 Å². The molecule has 118 valence electrons. The molecule has 4 nitrogen and oxygen atoms in total. The van der Waals surface area contributed by atoms with Gasteiger partial charge in [-0.15, -0.1) is 0 Å². The van der Waals surface area contributed by atoms with Crippen molar-refractivity contribution in [1.82, 2.24) is 9.62 Å². The standard InChI is InChI=1S/C16H26N2O2S/c1-12-9-13(2)14(3)18(11-12)21(19,20)16-7-5-15(6-8-16)10-17-4/h5-8,12-14,17H,9-11H2,1-4H3. The highest BCUT2D eigenvalue weighted by molar-refractivity contribution is 7.89. The van der Waals surface area contributed by atoms with Crippen LogP contribution in [-0.2, 0) is 16.6 Å². The number of piperidine rings is 1. The summed E-state index contributed by atoms with van der Waals surface area (Å²) in [5.74, 6) is 0.807. The van der Waals surface area contributed by atoms with E-state index in [1.54, 1.807) is 16.4 Å². The van der Waals surface area contributed by atoms with E-state index in [1.165, 1.54) is 0 Å². The van der Waals surface area contributed by atoms with Crippen LogP contribution < -0.4 is 5.32 Å². The minimum Gasteiger partial charge on any atom is -0.316 e. The fourth-order valence-corrected chi connectivity index (χ4v) is 4.95. The smallest absolute Gasteiger partial charge is 0.243 e. The molecule has 0 saturated carbocycles. The highest BCUT2D eigenvalue weighted by Gasteiger charge is 2.37. The maximum Gasteiger partial charge on any atom is 0.243 e. The van der Waals surface area contributed by atoms with Gasteiger partial charge in [0.25, 0.3) is 0 Å². The molecule has 5 heteroatoms. The van der Waals surface area contributed by atoms with Crippen LogP contribution in [0.4, 0.5) is 0 Å². The molecular formula is C16H26N2O2S. The zero-order valence-corrected chi connectivity index (χ0v) is 14.2. The molecule has 0 aliphatic carbocycles. The van der Waals surface area contributed by atoms with Crippen LogP contribution in [0, 0.1) is 11.8 Å². The lowest BCUT2D eigenvalue weighted by molar-refractivity contribution is 0.157. The van der Waals surface area contributed by atoms with E-state index in [-0.39, 0.29) is 6.04 Å². The van der Waals surface area contributed by atoms with Gasteiger partial charge in [-0.1, -0.05) is 26.0 Å². The molecular weight excluding hydrogens is 284 g/mol. The lowest BCUT2D eigenvalue weighted by Crippen LogP contribution is -2.48. The van der Waals surface area contributed by atoms with Gasteiger partial charge < -0.3 is 5.32 Å². The Hall–Kier alpha value is -0.910. The number of nitrogens with zero attached hydrogens (tertiary/aromatic N) is 1. The van der Waals surface area contributed by atoms with Crippen LogP contribution in [0.1, 0.15) is 32.8 Å². The van der Waals surface area contributed by atoms with E-state index in [1.807, 2.05) is 26.1 Å². The molecule has 2 rings (SSSR count). The van der Waals surface area contributed by atoms with Crippen molar-refractivity contribution in [2.75, 3.05) is 13.6 Å². The van der Waals surface area contributed by atoms with Crippen LogP contribution in [0.15, 0.2) is 29.2 Å². The van der Waals surface area contributed by atoms with E-state index in [4.69, 9.17) is 0 Å². The molecule has 1 heterocycles. The lowest BCUT2D eigenvalue weighted by Gasteiger charge is -2.40. The van der Waals surface area contributed by atoms with Crippen molar-refractivity contribution in [2.45, 2.75) is 44.7 Å². The first kappa shape index (κ1) is 16.5. The first-order chi connectivity index (χ1) is 9.86. The minimum absolute atomic E-state index is 0.0585. The van der Waals surface area contributed by atoms with E-state index in [9.17, 15) is 8.42 Å². The Morgan fingerprint density at radius 3 is 2.38 bits per heavy atom. The summed E-state index contributed by atoms with van der Waals surface area (Å²) in [7, 11) is -1.52. The van der Waals surface area contributed by atoms with Gasteiger partial charge in [0.05, 0.1) is 4.90 Å². The summed E-state index contributed by atoms with van der Waals surface area (Å²) < 4.78 is 27.4. The summed E-state index contributed by atoms with van der Waals surface area (Å²) in [4.78, 5) is 0.399. The number of hydrogen-bond donors (Lipinski definition) is 1. The third-order valence-electron chi connectivity index (χ3n) is 4.45. The van der Waals surface area contributed by atoms with Crippen LogP contribution in [0.3, 0.4) is 0 Å². The molecule has 1 aliphatic heterocycles. The fourth-order valence-electron chi connectivity index (χ4n) is 3.10. The maximum atomic E-state index is 12.9. The van der Waals surface area contributed by atoms with Gasteiger partial charge in [0, 0.05) is 19.1 Å². The van der Waals surface area contributed by atoms with E-state index < -0.39 is 10.0 Å². The van der Waals surface area contributed by atoms with Crippen molar-refractivity contribution in [3.63, 3.8) is 0 Å². The Labute approximate surface area is 128 Å². The second kappa shape index (κ2) is 6.46. The minimum atomic E-state index is -3.40. The van der Waals surface area contributed by atoms with Crippen LogP contribution in [-0.4, -0.2) is 32.4 Å². The maximum absolute atomic E-state index is 12.9. The summed E-state index contributed by atoms with van der Waals surface area (Å²) in [5, 5.41) is 3.06. The van der Waals surface area contributed by atoms with Crippen LogP contribution in [0.25, 0.3) is 0 Å². The molecule has 0 radical (unpaired) electrons. The van der Waals surface area contributed by atoms with Crippen molar-refractivity contribution in [2.24, 2.45) is 11.8 Å². The number of hydrogen-bond acceptors (Lipinski definition) is 3. The molecule has 1 aromatic rings. The Bertz CT molecular complexity index is 568. The van der Waals surface area contributed by atoms with Crippen molar-refractivity contribution >= 4 is 10.0 Å². The molecule has 1 saturated heterocycles. The van der Waals surface area contributed by atoms with Gasteiger partial charge in [-0.3, -0.25) is 0 Å². The Balaban J connectivity index is 2.28. The summed E-state index contributed by atoms with van der Waals surface area (Å²) in [6.07, 6.45) is 1.09. The molecule has 0 spiro atoms. The van der Waals surface area contributed by atoms with Crippen molar-refractivity contribution in [3.8, 4) is 0 Å². The average Bonchev–Trinajstić information content (AvgIpc) is 2.43. The lowest BCUT2D eigenvalue weighted by atomic mass is 9.88. The fraction of sp³-hybridized carbons (Fsp3) is 0.625. The SMILES string of the molecule is CNCc1ccc(S(=O)(=O)N2CC(C)CC(C)C2C)cc1. The van der Waals surface area contributed by atoms with Crippen LogP contribution in [0.2, 0.25) is 0 Å². The summed E-state index contributed by atoms with van der Waals surface area (Å²) in [6.45, 7) is 7.64. The van der Waals surface area contributed by atoms with Gasteiger partial charge >= 0.3 is 0 Å². The molecule has 1 aliphatic rings. The molecule has 1 aromatic carbocycles. The molecule has 1 fully saturated rings. The quantitative estimate of drug-likeness (QED) is 0.929. The Morgan fingerprint density at radius 2 is 1.81 bits per heavy atom. The molecule has 21 heavy (non-hydrogen) atoms. The molecule has 1 N–H and O–H groups in total. The number of benzene rings is 1. The van der Waals surface area contributed by atoms with Crippen molar-refractivity contribution in [1.29, 1.82) is 0 Å². The third-order valence-corrected chi connectivity index (χ3v) is 6.42. The van der Waals surface area contributed by atoms with Gasteiger partial charge in [0.1, 0.15) is 0 Å². The molecule has 0 bridgehead atoms. The molecule has 0 aromatic heterocycles. The molecule has 0 amide bonds. The summed E-state index contributed by atoms with van der Waals surface area (Å²) >= 11 is 0. The van der Waals surface area contributed by atoms with Gasteiger partial charge in [0.2, 0.25) is 10.0 Å². The topological polar surface area (TPSA) is 49.4 Å². The second-order valence-corrected chi connectivity index (χ2v) is 8.20. The van der Waals surface area contributed by atoms with Gasteiger partial charge in [-0.05, 0) is 49.9 Å². The Morgan fingerprint density at radius 1 is 1.19 bits per heavy atom. The zero-order valence-electron chi connectivity index (χ0n) is 13.3. The molecule has 3 atom stereocenters. The van der Waals surface area contributed by atoms with Crippen LogP contribution in [0.5, 0.6) is 0 Å². The predicted octanol–water partition coefficient (Wildman–Crippen LogP) is 2.46. The average molecular weight is 310 g/mol. The number of nitrogens with one attached hydrogen (secondary N) is 1. The Kier molecular flexibility index (Phi) is 5.07. The van der Waals surface area contributed by atoms with Crippen LogP contribution >= 0.6 is 0 Å². The van der Waals surface area contributed by atoms with Crippen molar-refractivity contribution in [3.05, 3.63) is 29.8 Å². The zero-order chi connectivity index (χ0) is 15.6. The van der Waals surface area contributed by atoms with E-state index in [2.05, 4.69) is 19.2 Å². The largest absolute Gasteiger partial charge is 0.316 e. The number of sulfonamides is 1. The normalized spacial score (nSPS) is 27.7. The first-order valence-corrected chi connectivity index (χ1v) is 9.05. The monoisotopic (exact) mass is 310 g/mol. The molecule has 3 unspecified atom stereocenters. The highest BCUT2D eigenvalue weighted by atomic mass is 32.2. The van der Waals surface area contributed by atoms with E-state index in [0.29, 0.717) is 23.3 Å². The van der Waals surface area contributed by atoms with Gasteiger partial charge in [-0.2, -0.15) is 4.31 Å². The first-order valence-electron chi connectivity index (χ1n) is 7.61. The van der Waals surface area contributed by atoms with E-state index in [0.717, 1.165) is 18.5 Å². The summed E-state index contributed by atoms with van der Waals surface area (Å²) in [6, 6.07) is 7.26. The number of rotatable bonds is 4. The third kappa shape index (κ3) is 3.47. The van der Waals surface area contributed by atoms with Gasteiger partial charge in [-0.25, -0.2) is 8.42 Å². The predicted molar refractivity (Wildman–Crippen MR) is 85.5 cm³/mol. The second-order valence-electron chi connectivity index (χ2n) is 6.31. The van der Waals surface area contributed by atoms with Gasteiger partial charge in [0.15, 0.2) is 0 Å².